The van der Waals surface area contributed by atoms with E-state index in [-0.39, 0.29) is 16.8 Å². The van der Waals surface area contributed by atoms with E-state index in [1.165, 1.54) is 12.1 Å². The molecular formula is C8H9BrN6O2S. The summed E-state index contributed by atoms with van der Waals surface area (Å²) in [6, 6.07) is 2.87. The number of hydrogen-bond acceptors (Lipinski definition) is 4. The second-order valence-corrected chi connectivity index (χ2v) is 5.83. The van der Waals surface area contributed by atoms with Crippen LogP contribution in [-0.4, -0.2) is 24.3 Å². The first-order valence-corrected chi connectivity index (χ1v) is 6.93. The molecule has 0 bridgehead atoms. The number of guanidine groups is 1. The van der Waals surface area contributed by atoms with E-state index in [1.54, 1.807) is 0 Å². The second kappa shape index (κ2) is 4.23. The quantitative estimate of drug-likeness (QED) is 0.445. The van der Waals surface area contributed by atoms with Gasteiger partial charge in [0.05, 0.1) is 15.9 Å². The molecule has 0 unspecified atom stereocenters. The van der Waals surface area contributed by atoms with E-state index in [0.717, 1.165) is 0 Å². The number of aliphatic imine (C=N–C) groups is 1. The first-order valence-electron chi connectivity index (χ1n) is 4.59. The summed E-state index contributed by atoms with van der Waals surface area (Å²) in [6.45, 7) is 0. The Bertz CT molecular complexity index is 746. The van der Waals surface area contributed by atoms with Crippen LogP contribution in [0.2, 0.25) is 0 Å². The van der Waals surface area contributed by atoms with Gasteiger partial charge in [-0.15, -0.1) is 0 Å². The van der Waals surface area contributed by atoms with Crippen LogP contribution in [0.15, 0.2) is 26.5 Å². The minimum atomic E-state index is -3.82. The van der Waals surface area contributed by atoms with Gasteiger partial charge in [-0.2, -0.15) is 4.99 Å². The number of H-pyrrole nitrogens is 1. The summed E-state index contributed by atoms with van der Waals surface area (Å²) in [6.07, 6.45) is 0. The van der Waals surface area contributed by atoms with Crippen LogP contribution in [0.1, 0.15) is 0 Å². The van der Waals surface area contributed by atoms with Gasteiger partial charge in [-0.1, -0.05) is 0 Å². The van der Waals surface area contributed by atoms with Crippen LogP contribution in [-0.2, 0) is 10.0 Å². The van der Waals surface area contributed by atoms with Crippen molar-refractivity contribution in [3.05, 3.63) is 16.6 Å². The summed E-state index contributed by atoms with van der Waals surface area (Å²) in [5, 5.41) is 5.08. The van der Waals surface area contributed by atoms with E-state index < -0.39 is 10.0 Å². The predicted octanol–water partition coefficient (Wildman–Crippen LogP) is -0.122. The van der Waals surface area contributed by atoms with E-state index in [1.807, 2.05) is 0 Å². The molecule has 0 aliphatic rings. The number of imidazole rings is 1. The van der Waals surface area contributed by atoms with Gasteiger partial charge in [-0.3, -0.25) is 0 Å². The maximum atomic E-state index is 11.3. The lowest BCUT2D eigenvalue weighted by Gasteiger charge is -2.00. The van der Waals surface area contributed by atoms with Crippen molar-refractivity contribution in [3.63, 3.8) is 0 Å². The summed E-state index contributed by atoms with van der Waals surface area (Å²) in [5.41, 5.74) is 11.4. The minimum Gasteiger partial charge on any atom is -0.370 e. The van der Waals surface area contributed by atoms with Crippen LogP contribution < -0.4 is 16.6 Å². The highest BCUT2D eigenvalue weighted by Gasteiger charge is 2.15. The van der Waals surface area contributed by atoms with Gasteiger partial charge in [0.1, 0.15) is 0 Å². The molecule has 2 rings (SSSR count). The molecule has 1 aromatic heterocycles. The van der Waals surface area contributed by atoms with Crippen molar-refractivity contribution >= 4 is 48.9 Å². The van der Waals surface area contributed by atoms with E-state index in [0.29, 0.717) is 15.5 Å². The number of aromatic nitrogens is 2. The third-order valence-electron chi connectivity index (χ3n) is 2.06. The van der Waals surface area contributed by atoms with Crippen LogP contribution >= 0.6 is 15.9 Å². The fraction of sp³-hybridized carbons (Fsp3) is 0. The Morgan fingerprint density at radius 3 is 2.61 bits per heavy atom. The predicted molar refractivity (Wildman–Crippen MR) is 70.6 cm³/mol. The Morgan fingerprint density at radius 2 is 2.06 bits per heavy atom. The van der Waals surface area contributed by atoms with Gasteiger partial charge in [-0.25, -0.2) is 18.5 Å². The lowest BCUT2D eigenvalue weighted by atomic mass is 10.3. The average Bonchev–Trinajstić information content (AvgIpc) is 2.54. The molecule has 0 amide bonds. The Morgan fingerprint density at radius 1 is 1.39 bits per heavy atom. The fourth-order valence-corrected chi connectivity index (χ4v) is 3.01. The number of nitrogens with two attached hydrogens (primary N) is 3. The molecule has 0 spiro atoms. The Hall–Kier alpha value is -1.65. The maximum Gasteiger partial charge on any atom is 0.239 e. The largest absolute Gasteiger partial charge is 0.370 e. The SMILES string of the molecule is NC(N)=Nc1nc2cc(Br)c(S(N)(=O)=O)cc2[nH]1. The summed E-state index contributed by atoms with van der Waals surface area (Å²) in [4.78, 5) is 10.5. The molecule has 1 heterocycles. The zero-order valence-corrected chi connectivity index (χ0v) is 11.3. The van der Waals surface area contributed by atoms with Crippen LogP contribution in [0.25, 0.3) is 11.0 Å². The van der Waals surface area contributed by atoms with Crippen molar-refractivity contribution in [1.29, 1.82) is 0 Å². The number of nitrogens with one attached hydrogen (secondary N) is 1. The highest BCUT2D eigenvalue weighted by Crippen LogP contribution is 2.27. The van der Waals surface area contributed by atoms with Crippen LogP contribution in [0.4, 0.5) is 5.95 Å². The summed E-state index contributed by atoms with van der Waals surface area (Å²) < 4.78 is 23.0. The van der Waals surface area contributed by atoms with Gasteiger partial charge in [0.25, 0.3) is 0 Å². The Balaban J connectivity index is 2.69. The molecule has 0 fully saturated rings. The fourth-order valence-electron chi connectivity index (χ4n) is 1.39. The van der Waals surface area contributed by atoms with E-state index in [2.05, 4.69) is 30.9 Å². The lowest BCUT2D eigenvalue weighted by molar-refractivity contribution is 0.597. The molecule has 0 saturated heterocycles. The van der Waals surface area contributed by atoms with Crippen molar-refractivity contribution in [1.82, 2.24) is 9.97 Å². The number of rotatable bonds is 2. The van der Waals surface area contributed by atoms with Crippen molar-refractivity contribution in [3.8, 4) is 0 Å². The van der Waals surface area contributed by atoms with Gasteiger partial charge in [-0.05, 0) is 28.1 Å². The number of sulfonamides is 1. The number of nitrogens with zero attached hydrogens (tertiary/aromatic N) is 2. The molecule has 8 nitrogen and oxygen atoms in total. The first-order chi connectivity index (χ1) is 8.27. The first kappa shape index (κ1) is 12.8. The molecule has 0 saturated carbocycles. The third kappa shape index (κ3) is 2.44. The minimum absolute atomic E-state index is 0.0464. The molecule has 0 aliphatic carbocycles. The number of halogens is 1. The van der Waals surface area contributed by atoms with Gasteiger partial charge in [0.2, 0.25) is 16.0 Å². The molecule has 18 heavy (non-hydrogen) atoms. The number of aromatic amines is 1. The molecule has 0 atom stereocenters. The standard InChI is InChI=1S/C8H9BrN6O2S/c9-3-1-4-5(2-6(3)18(12,16)17)14-8(13-4)15-7(10)11/h1-2H,(H2,12,16,17)(H5,10,11,13,14,15). The molecule has 96 valence electrons. The smallest absolute Gasteiger partial charge is 0.239 e. The Labute approximate surface area is 110 Å². The Kier molecular flexibility index (Phi) is 3.00. The number of hydrogen-bond donors (Lipinski definition) is 4. The lowest BCUT2D eigenvalue weighted by Crippen LogP contribution is -2.22. The summed E-state index contributed by atoms with van der Waals surface area (Å²) in [5.74, 6) is 0.0308. The zero-order chi connectivity index (χ0) is 13.5. The molecule has 0 aliphatic heterocycles. The number of fused-ring (bicyclic) bond motifs is 1. The average molecular weight is 333 g/mol. The van der Waals surface area contributed by atoms with Crippen LogP contribution in [0.3, 0.4) is 0 Å². The highest BCUT2D eigenvalue weighted by molar-refractivity contribution is 9.10. The second-order valence-electron chi connectivity index (χ2n) is 3.44. The molecule has 2 aromatic rings. The molecule has 0 radical (unpaired) electrons. The molecular weight excluding hydrogens is 324 g/mol. The van der Waals surface area contributed by atoms with E-state index in [4.69, 9.17) is 16.6 Å². The van der Waals surface area contributed by atoms with Crippen molar-refractivity contribution in [2.45, 2.75) is 4.90 Å². The van der Waals surface area contributed by atoms with Crippen molar-refractivity contribution in [2.75, 3.05) is 0 Å². The monoisotopic (exact) mass is 332 g/mol. The zero-order valence-electron chi connectivity index (χ0n) is 8.88. The van der Waals surface area contributed by atoms with Crippen molar-refractivity contribution in [2.24, 2.45) is 21.6 Å². The third-order valence-corrected chi connectivity index (χ3v) is 3.93. The van der Waals surface area contributed by atoms with Gasteiger partial charge >= 0.3 is 0 Å². The topological polar surface area (TPSA) is 153 Å². The van der Waals surface area contributed by atoms with Crippen molar-refractivity contribution < 1.29 is 8.42 Å². The molecule has 10 heteroatoms. The van der Waals surface area contributed by atoms with E-state index in [9.17, 15) is 8.42 Å². The summed E-state index contributed by atoms with van der Waals surface area (Å²) in [7, 11) is -3.82. The van der Waals surface area contributed by atoms with Gasteiger partial charge < -0.3 is 16.5 Å². The molecule has 7 N–H and O–H groups in total. The maximum absolute atomic E-state index is 11.3. The van der Waals surface area contributed by atoms with Gasteiger partial charge in [0, 0.05) is 4.47 Å². The normalized spacial score (nSPS) is 11.7. The van der Waals surface area contributed by atoms with Crippen LogP contribution in [0, 0.1) is 0 Å². The summed E-state index contributed by atoms with van der Waals surface area (Å²) >= 11 is 3.12. The highest BCUT2D eigenvalue weighted by atomic mass is 79.9. The van der Waals surface area contributed by atoms with E-state index >= 15 is 0 Å². The van der Waals surface area contributed by atoms with Gasteiger partial charge in [0.15, 0.2) is 5.96 Å². The van der Waals surface area contributed by atoms with Crippen LogP contribution in [0.5, 0.6) is 0 Å². The number of primary sulfonamides is 1. The number of benzene rings is 1. The molecule has 1 aromatic carbocycles.